The van der Waals surface area contributed by atoms with E-state index >= 15 is 0 Å². The number of nitrogens with zero attached hydrogens (tertiary/aromatic N) is 1. The van der Waals surface area contributed by atoms with E-state index in [-0.39, 0.29) is 0 Å². The summed E-state index contributed by atoms with van der Waals surface area (Å²) in [7, 11) is -4.75. The van der Waals surface area contributed by atoms with Gasteiger partial charge >= 0.3 is 22.6 Å². The molecular weight excluding hydrogens is 279 g/mol. The van der Waals surface area contributed by atoms with E-state index in [1.807, 2.05) is 0 Å². The maximum atomic E-state index is 12.6. The Morgan fingerprint density at radius 3 is 2.22 bits per heavy atom. The number of halogens is 3. The van der Waals surface area contributed by atoms with Gasteiger partial charge in [0.2, 0.25) is 0 Å². The fourth-order valence-corrected chi connectivity index (χ4v) is 2.31. The molecule has 1 amide bonds. The summed E-state index contributed by atoms with van der Waals surface area (Å²) in [5.41, 5.74) is -1.12. The molecule has 18 heavy (non-hydrogen) atoms. The zero-order chi connectivity index (χ0) is 14.4. The maximum absolute atomic E-state index is 12.6. The predicted octanol–water partition coefficient (Wildman–Crippen LogP) is 1.43. The summed E-state index contributed by atoms with van der Waals surface area (Å²) in [6, 6.07) is -2.56. The van der Waals surface area contributed by atoms with E-state index in [0.29, 0.717) is 0 Å². The van der Waals surface area contributed by atoms with E-state index in [0.717, 1.165) is 0 Å². The van der Waals surface area contributed by atoms with Crippen LogP contribution in [0.4, 0.5) is 18.0 Å². The number of carbonyl (C=O) groups excluding carboxylic acids is 1. The molecule has 1 aliphatic heterocycles. The minimum atomic E-state index is -4.92. The van der Waals surface area contributed by atoms with Gasteiger partial charge in [0.1, 0.15) is 5.60 Å². The Kier molecular flexibility index (Phi) is 3.56. The van der Waals surface area contributed by atoms with Gasteiger partial charge in [-0.25, -0.2) is 4.79 Å². The lowest BCUT2D eigenvalue weighted by Gasteiger charge is -2.26. The molecule has 1 saturated heterocycles. The van der Waals surface area contributed by atoms with Crippen LogP contribution in [0, 0.1) is 0 Å². The second-order valence-corrected chi connectivity index (χ2v) is 6.06. The Labute approximate surface area is 102 Å². The number of carbonyl (C=O) groups is 1. The maximum Gasteiger partial charge on any atom is 0.426 e. The molecule has 106 valence electrons. The molecule has 10 heteroatoms. The lowest BCUT2D eigenvalue weighted by Crippen LogP contribution is -2.49. The third-order valence-corrected chi connectivity index (χ3v) is 3.17. The molecule has 1 rings (SSSR count). The van der Waals surface area contributed by atoms with Crippen molar-refractivity contribution in [2.45, 2.75) is 38.6 Å². The van der Waals surface area contributed by atoms with Gasteiger partial charge in [-0.2, -0.15) is 25.9 Å². The average Bonchev–Trinajstić information content (AvgIpc) is 2.36. The van der Waals surface area contributed by atoms with Crippen LogP contribution >= 0.6 is 0 Å². The van der Waals surface area contributed by atoms with Crippen molar-refractivity contribution in [1.82, 2.24) is 4.31 Å². The average molecular weight is 291 g/mol. The van der Waals surface area contributed by atoms with Gasteiger partial charge in [0.05, 0.1) is 6.61 Å². The van der Waals surface area contributed by atoms with E-state index in [1.165, 1.54) is 20.8 Å². The molecule has 0 unspecified atom stereocenters. The SMILES string of the molecule is CC(C)(C)OC(=O)N1[C@H](C(F)(F)F)COS1(=O)=O. The first kappa shape index (κ1) is 15.0. The zero-order valence-corrected chi connectivity index (χ0v) is 10.6. The summed E-state index contributed by atoms with van der Waals surface area (Å²) in [4.78, 5) is 11.5. The number of ether oxygens (including phenoxy) is 1. The molecule has 0 saturated carbocycles. The standard InChI is InChI=1S/C8H12F3NO5S/c1-7(2,3)17-6(13)12-5(8(9,10)11)4-16-18(12,14)15/h5H,4H2,1-3H3/t5-/m0/s1. The highest BCUT2D eigenvalue weighted by atomic mass is 32.2. The second-order valence-electron chi connectivity index (χ2n) is 4.58. The van der Waals surface area contributed by atoms with Crippen LogP contribution in [0.2, 0.25) is 0 Å². The number of hydrogen-bond acceptors (Lipinski definition) is 5. The molecule has 1 fully saturated rings. The van der Waals surface area contributed by atoms with Gasteiger partial charge in [0.25, 0.3) is 0 Å². The van der Waals surface area contributed by atoms with Gasteiger partial charge < -0.3 is 4.74 Å². The number of rotatable bonds is 0. The molecule has 6 nitrogen and oxygen atoms in total. The van der Waals surface area contributed by atoms with Crippen LogP contribution in [0.15, 0.2) is 0 Å². The number of hydrogen-bond donors (Lipinski definition) is 0. The van der Waals surface area contributed by atoms with E-state index in [4.69, 9.17) is 0 Å². The minimum Gasteiger partial charge on any atom is -0.443 e. The number of alkyl halides is 3. The van der Waals surface area contributed by atoms with Gasteiger partial charge in [0, 0.05) is 0 Å². The Morgan fingerprint density at radius 2 is 1.83 bits per heavy atom. The Morgan fingerprint density at radius 1 is 1.33 bits per heavy atom. The van der Waals surface area contributed by atoms with Crippen LogP contribution in [-0.4, -0.2) is 43.2 Å². The van der Waals surface area contributed by atoms with Crippen LogP contribution in [-0.2, 0) is 19.2 Å². The minimum absolute atomic E-state index is 0.418. The molecule has 0 bridgehead atoms. The molecule has 0 aromatic rings. The molecule has 1 atom stereocenters. The van der Waals surface area contributed by atoms with E-state index in [2.05, 4.69) is 8.92 Å². The van der Waals surface area contributed by atoms with Gasteiger partial charge in [-0.15, -0.1) is 0 Å². The van der Waals surface area contributed by atoms with Crippen LogP contribution in [0.1, 0.15) is 20.8 Å². The van der Waals surface area contributed by atoms with Crippen molar-refractivity contribution in [2.24, 2.45) is 0 Å². The van der Waals surface area contributed by atoms with E-state index in [1.54, 1.807) is 0 Å². The summed E-state index contributed by atoms with van der Waals surface area (Å²) >= 11 is 0. The highest BCUT2D eigenvalue weighted by molar-refractivity contribution is 7.85. The van der Waals surface area contributed by atoms with Crippen LogP contribution < -0.4 is 0 Å². The quantitative estimate of drug-likeness (QED) is 0.675. The Hall–Kier alpha value is -1.03. The van der Waals surface area contributed by atoms with Crippen LogP contribution in [0.5, 0.6) is 0 Å². The van der Waals surface area contributed by atoms with Gasteiger partial charge in [-0.3, -0.25) is 4.18 Å². The molecule has 1 aliphatic rings. The largest absolute Gasteiger partial charge is 0.443 e. The predicted molar refractivity (Wildman–Crippen MR) is 52.8 cm³/mol. The van der Waals surface area contributed by atoms with Gasteiger partial charge in [0.15, 0.2) is 6.04 Å². The van der Waals surface area contributed by atoms with Crippen molar-refractivity contribution in [2.75, 3.05) is 6.61 Å². The third kappa shape index (κ3) is 3.25. The van der Waals surface area contributed by atoms with Crippen molar-refractivity contribution in [3.63, 3.8) is 0 Å². The fourth-order valence-electron chi connectivity index (χ4n) is 1.18. The summed E-state index contributed by atoms with van der Waals surface area (Å²) in [6.45, 7) is 3.04. The molecule has 0 aromatic carbocycles. The third-order valence-electron chi connectivity index (χ3n) is 1.85. The summed E-state index contributed by atoms with van der Waals surface area (Å²) in [5, 5.41) is 0. The summed E-state index contributed by atoms with van der Waals surface area (Å²) < 4.78 is 68.4. The van der Waals surface area contributed by atoms with Gasteiger partial charge in [-0.05, 0) is 20.8 Å². The van der Waals surface area contributed by atoms with Crippen molar-refractivity contribution in [3.8, 4) is 0 Å². The van der Waals surface area contributed by atoms with Crippen LogP contribution in [0.25, 0.3) is 0 Å². The first-order valence-electron chi connectivity index (χ1n) is 4.83. The molecule has 0 N–H and O–H groups in total. The van der Waals surface area contributed by atoms with Crippen LogP contribution in [0.3, 0.4) is 0 Å². The Bertz CT molecular complexity index is 439. The molecule has 0 aliphatic carbocycles. The monoisotopic (exact) mass is 291 g/mol. The molecular formula is C8H12F3NO5S. The molecule has 0 spiro atoms. The second kappa shape index (κ2) is 4.26. The van der Waals surface area contributed by atoms with Crippen molar-refractivity contribution < 1.29 is 35.3 Å². The summed E-state index contributed by atoms with van der Waals surface area (Å²) in [5.74, 6) is 0. The number of amides is 1. The van der Waals surface area contributed by atoms with Crippen molar-refractivity contribution >= 4 is 16.4 Å². The zero-order valence-electron chi connectivity index (χ0n) is 9.82. The first-order chi connectivity index (χ1) is 7.84. The van der Waals surface area contributed by atoms with Crippen molar-refractivity contribution in [1.29, 1.82) is 0 Å². The Balaban J connectivity index is 3.04. The molecule has 0 radical (unpaired) electrons. The van der Waals surface area contributed by atoms with E-state index < -0.39 is 45.1 Å². The summed E-state index contributed by atoms with van der Waals surface area (Å²) in [6.07, 6.45) is -6.53. The van der Waals surface area contributed by atoms with E-state index in [9.17, 15) is 26.4 Å². The highest BCUT2D eigenvalue weighted by Crippen LogP contribution is 2.33. The topological polar surface area (TPSA) is 72.9 Å². The van der Waals surface area contributed by atoms with Crippen molar-refractivity contribution in [3.05, 3.63) is 0 Å². The lowest BCUT2D eigenvalue weighted by atomic mass is 10.2. The normalized spacial score (nSPS) is 24.1. The smallest absolute Gasteiger partial charge is 0.426 e. The fraction of sp³-hybridized carbons (Fsp3) is 0.875. The highest BCUT2D eigenvalue weighted by Gasteiger charge is 2.57. The first-order valence-corrected chi connectivity index (χ1v) is 6.19. The lowest BCUT2D eigenvalue weighted by molar-refractivity contribution is -0.168. The molecule has 1 heterocycles. The molecule has 0 aromatic heterocycles. The van der Waals surface area contributed by atoms with Gasteiger partial charge in [-0.1, -0.05) is 0 Å².